The molecule has 0 spiro atoms. The summed E-state index contributed by atoms with van der Waals surface area (Å²) < 4.78 is 6.08. The molecule has 0 heterocycles. The largest absolute Gasteiger partial charge is 0.508 e. The molecule has 0 aliphatic rings. The number of carbonyl (C=O) groups is 1. The summed E-state index contributed by atoms with van der Waals surface area (Å²) in [5.74, 6) is 0.248. The van der Waals surface area contributed by atoms with E-state index >= 15 is 0 Å². The summed E-state index contributed by atoms with van der Waals surface area (Å²) in [4.78, 5) is 11.5. The molecule has 6 heteroatoms. The molecule has 5 nitrogen and oxygen atoms in total. The molecule has 1 amide bonds. The van der Waals surface area contributed by atoms with Gasteiger partial charge in [0, 0.05) is 29.2 Å². The van der Waals surface area contributed by atoms with E-state index in [1.54, 1.807) is 12.1 Å². The smallest absolute Gasteiger partial charge is 0.407 e. The fraction of sp³-hybridized carbons (Fsp3) is 0.533. The molecule has 0 radical (unpaired) electrons. The maximum atomic E-state index is 11.5. The molecule has 0 aromatic heterocycles. The van der Waals surface area contributed by atoms with Gasteiger partial charge in [-0.2, -0.15) is 0 Å². The predicted octanol–water partition coefficient (Wildman–Crippen LogP) is 3.16. The lowest BCUT2D eigenvalue weighted by Crippen LogP contribution is -2.41. The molecule has 1 aromatic rings. The third-order valence-corrected chi connectivity index (χ3v) is 3.13. The molecule has 1 atom stereocenters. The van der Waals surface area contributed by atoms with Crippen molar-refractivity contribution in [2.75, 3.05) is 6.54 Å². The van der Waals surface area contributed by atoms with Crippen molar-refractivity contribution in [2.45, 2.75) is 45.9 Å². The lowest BCUT2D eigenvalue weighted by Gasteiger charge is -2.21. The summed E-state index contributed by atoms with van der Waals surface area (Å²) in [5.41, 5.74) is 0.302. The van der Waals surface area contributed by atoms with Gasteiger partial charge in [-0.15, -0.1) is 0 Å². The Bertz CT molecular complexity index is 486. The van der Waals surface area contributed by atoms with Crippen molar-refractivity contribution < 1.29 is 14.6 Å². The average molecular weight is 359 g/mol. The second kappa shape index (κ2) is 7.66. The number of benzene rings is 1. The lowest BCUT2D eigenvalue weighted by atomic mass is 10.2. The van der Waals surface area contributed by atoms with Crippen LogP contribution < -0.4 is 10.6 Å². The SMILES string of the molecule is CC(CNC(=O)OC(C)(C)C)NCc1cc(Br)ccc1O. The van der Waals surface area contributed by atoms with Crippen LogP contribution >= 0.6 is 15.9 Å². The first-order valence-electron chi connectivity index (χ1n) is 6.85. The Balaban J connectivity index is 2.36. The summed E-state index contributed by atoms with van der Waals surface area (Å²) in [7, 11) is 0. The van der Waals surface area contributed by atoms with Gasteiger partial charge in [-0.05, 0) is 45.9 Å². The van der Waals surface area contributed by atoms with Crippen molar-refractivity contribution in [2.24, 2.45) is 0 Å². The highest BCUT2D eigenvalue weighted by Gasteiger charge is 2.16. The first kappa shape index (κ1) is 17.8. The van der Waals surface area contributed by atoms with E-state index in [1.165, 1.54) is 0 Å². The van der Waals surface area contributed by atoms with E-state index in [-0.39, 0.29) is 11.8 Å². The van der Waals surface area contributed by atoms with Crippen LogP contribution in [0.4, 0.5) is 4.79 Å². The fourth-order valence-electron chi connectivity index (χ4n) is 1.60. The quantitative estimate of drug-likeness (QED) is 0.755. The van der Waals surface area contributed by atoms with E-state index in [0.29, 0.717) is 13.1 Å². The van der Waals surface area contributed by atoms with Gasteiger partial charge in [-0.3, -0.25) is 0 Å². The highest BCUT2D eigenvalue weighted by Crippen LogP contribution is 2.21. The Morgan fingerprint density at radius 3 is 2.71 bits per heavy atom. The zero-order valence-corrected chi connectivity index (χ0v) is 14.5. The number of ether oxygens (including phenoxy) is 1. The van der Waals surface area contributed by atoms with E-state index in [2.05, 4.69) is 26.6 Å². The van der Waals surface area contributed by atoms with Crippen molar-refractivity contribution in [1.82, 2.24) is 10.6 Å². The molecule has 1 unspecified atom stereocenters. The molecule has 3 N–H and O–H groups in total. The zero-order chi connectivity index (χ0) is 16.0. The minimum atomic E-state index is -0.497. The molecule has 0 saturated heterocycles. The number of nitrogens with one attached hydrogen (secondary N) is 2. The van der Waals surface area contributed by atoms with E-state index in [1.807, 2.05) is 33.8 Å². The summed E-state index contributed by atoms with van der Waals surface area (Å²) in [5, 5.41) is 15.7. The van der Waals surface area contributed by atoms with Gasteiger partial charge in [-0.25, -0.2) is 4.79 Å². The van der Waals surface area contributed by atoms with Gasteiger partial charge >= 0.3 is 6.09 Å². The Morgan fingerprint density at radius 1 is 1.43 bits per heavy atom. The lowest BCUT2D eigenvalue weighted by molar-refractivity contribution is 0.0523. The van der Waals surface area contributed by atoms with E-state index in [9.17, 15) is 9.90 Å². The maximum absolute atomic E-state index is 11.5. The van der Waals surface area contributed by atoms with Gasteiger partial charge in [0.2, 0.25) is 0 Å². The molecule has 0 aliphatic carbocycles. The molecule has 21 heavy (non-hydrogen) atoms. The van der Waals surface area contributed by atoms with Crippen LogP contribution in [0.2, 0.25) is 0 Å². The zero-order valence-electron chi connectivity index (χ0n) is 12.9. The van der Waals surface area contributed by atoms with Crippen molar-refractivity contribution in [3.05, 3.63) is 28.2 Å². The van der Waals surface area contributed by atoms with Gasteiger partial charge < -0.3 is 20.5 Å². The fourth-order valence-corrected chi connectivity index (χ4v) is 2.01. The van der Waals surface area contributed by atoms with Crippen molar-refractivity contribution >= 4 is 22.0 Å². The van der Waals surface area contributed by atoms with Crippen molar-refractivity contribution in [1.29, 1.82) is 0 Å². The highest BCUT2D eigenvalue weighted by atomic mass is 79.9. The number of carbonyl (C=O) groups excluding carboxylic acids is 1. The summed E-state index contributed by atoms with van der Waals surface area (Å²) in [6.45, 7) is 8.39. The van der Waals surface area contributed by atoms with Crippen LogP contribution in [0.15, 0.2) is 22.7 Å². The van der Waals surface area contributed by atoms with Gasteiger partial charge in [0.15, 0.2) is 0 Å². The van der Waals surface area contributed by atoms with Gasteiger partial charge in [0.1, 0.15) is 11.4 Å². The van der Waals surface area contributed by atoms with Crippen LogP contribution in [0.3, 0.4) is 0 Å². The Hall–Kier alpha value is -1.27. The number of alkyl carbamates (subject to hydrolysis) is 1. The van der Waals surface area contributed by atoms with E-state index < -0.39 is 11.7 Å². The minimum Gasteiger partial charge on any atom is -0.508 e. The van der Waals surface area contributed by atoms with Crippen LogP contribution in [0.5, 0.6) is 5.75 Å². The number of halogens is 1. The molecule has 0 saturated carbocycles. The minimum absolute atomic E-state index is 0.0518. The van der Waals surface area contributed by atoms with Gasteiger partial charge in [-0.1, -0.05) is 15.9 Å². The number of hydrogen-bond acceptors (Lipinski definition) is 4. The first-order valence-corrected chi connectivity index (χ1v) is 7.64. The average Bonchev–Trinajstić information content (AvgIpc) is 2.35. The third-order valence-electron chi connectivity index (χ3n) is 2.63. The van der Waals surface area contributed by atoms with Crippen LogP contribution in [0, 0.1) is 0 Å². The Morgan fingerprint density at radius 2 is 2.10 bits per heavy atom. The number of rotatable bonds is 5. The monoisotopic (exact) mass is 358 g/mol. The second-order valence-electron chi connectivity index (χ2n) is 5.94. The van der Waals surface area contributed by atoms with Crippen LogP contribution in [-0.4, -0.2) is 29.4 Å². The first-order chi connectivity index (χ1) is 9.67. The van der Waals surface area contributed by atoms with Crippen LogP contribution in [-0.2, 0) is 11.3 Å². The molecule has 1 aromatic carbocycles. The second-order valence-corrected chi connectivity index (χ2v) is 6.85. The Labute approximate surface area is 134 Å². The number of hydrogen-bond donors (Lipinski definition) is 3. The van der Waals surface area contributed by atoms with Gasteiger partial charge in [0.05, 0.1) is 0 Å². The molecule has 118 valence electrons. The molecule has 0 fully saturated rings. The standard InChI is InChI=1S/C15H23BrN2O3/c1-10(8-18-14(20)21-15(2,3)4)17-9-11-7-12(16)5-6-13(11)19/h5-7,10,17,19H,8-9H2,1-4H3,(H,18,20). The van der Waals surface area contributed by atoms with Gasteiger partial charge in [0.25, 0.3) is 0 Å². The predicted molar refractivity (Wildman–Crippen MR) is 86.3 cm³/mol. The van der Waals surface area contributed by atoms with Crippen molar-refractivity contribution in [3.63, 3.8) is 0 Å². The number of aromatic hydroxyl groups is 1. The molecular formula is C15H23BrN2O3. The van der Waals surface area contributed by atoms with Crippen molar-refractivity contribution in [3.8, 4) is 5.75 Å². The van der Waals surface area contributed by atoms with E-state index in [0.717, 1.165) is 10.0 Å². The summed E-state index contributed by atoms with van der Waals surface area (Å²) >= 11 is 3.37. The number of phenols is 1. The highest BCUT2D eigenvalue weighted by molar-refractivity contribution is 9.10. The molecule has 0 aliphatic heterocycles. The topological polar surface area (TPSA) is 70.6 Å². The maximum Gasteiger partial charge on any atom is 0.407 e. The molecule has 1 rings (SSSR count). The van der Waals surface area contributed by atoms with Crippen LogP contribution in [0.25, 0.3) is 0 Å². The summed E-state index contributed by atoms with van der Waals surface area (Å²) in [6, 6.07) is 5.34. The molecule has 0 bridgehead atoms. The van der Waals surface area contributed by atoms with E-state index in [4.69, 9.17) is 4.74 Å². The summed E-state index contributed by atoms with van der Waals surface area (Å²) in [6.07, 6.45) is -0.429. The van der Waals surface area contributed by atoms with Crippen LogP contribution in [0.1, 0.15) is 33.3 Å². The number of phenolic OH excluding ortho intramolecular Hbond substituents is 1. The third kappa shape index (κ3) is 7.34. The number of amides is 1. The Kier molecular flexibility index (Phi) is 6.48. The normalized spacial score (nSPS) is 12.8. The molecular weight excluding hydrogens is 336 g/mol.